The topological polar surface area (TPSA) is 38.9 Å². The van der Waals surface area contributed by atoms with Gasteiger partial charge < -0.3 is 4.42 Å². The highest BCUT2D eigenvalue weighted by atomic mass is 79.9. The van der Waals surface area contributed by atoms with E-state index in [4.69, 9.17) is 4.42 Å². The van der Waals surface area contributed by atoms with E-state index < -0.39 is 0 Å². The van der Waals surface area contributed by atoms with Gasteiger partial charge in [0.05, 0.1) is 0 Å². The molecule has 4 heteroatoms. The van der Waals surface area contributed by atoms with Gasteiger partial charge >= 0.3 is 0 Å². The molecule has 0 aliphatic rings. The summed E-state index contributed by atoms with van der Waals surface area (Å²) in [6.07, 6.45) is 0. The normalized spacial score (nSPS) is 11.1. The van der Waals surface area contributed by atoms with E-state index in [1.54, 1.807) is 0 Å². The Morgan fingerprint density at radius 2 is 2.00 bits per heavy atom. The van der Waals surface area contributed by atoms with E-state index in [-0.39, 0.29) is 5.92 Å². The fourth-order valence-electron chi connectivity index (χ4n) is 1.40. The molecule has 0 unspecified atom stereocenters. The number of halogens is 1. The molecule has 2 aromatic rings. The molecule has 84 valence electrons. The lowest BCUT2D eigenvalue weighted by molar-refractivity contribution is 0.481. The van der Waals surface area contributed by atoms with Gasteiger partial charge in [0.15, 0.2) is 0 Å². The SMILES string of the molecule is Cc1ccc(Br)cc1-c1nnc(C(C)C)o1. The third-order valence-electron chi connectivity index (χ3n) is 2.36. The summed E-state index contributed by atoms with van der Waals surface area (Å²) >= 11 is 3.44. The molecule has 0 saturated heterocycles. The van der Waals surface area contributed by atoms with Crippen molar-refractivity contribution in [1.82, 2.24) is 10.2 Å². The van der Waals surface area contributed by atoms with Gasteiger partial charge in [-0.3, -0.25) is 0 Å². The van der Waals surface area contributed by atoms with Gasteiger partial charge in [0, 0.05) is 16.0 Å². The highest BCUT2D eigenvalue weighted by Gasteiger charge is 2.13. The van der Waals surface area contributed by atoms with Crippen LogP contribution in [-0.4, -0.2) is 10.2 Å². The Balaban J connectivity index is 2.46. The predicted molar refractivity (Wildman–Crippen MR) is 66.3 cm³/mol. The molecule has 3 nitrogen and oxygen atoms in total. The molecule has 0 atom stereocenters. The van der Waals surface area contributed by atoms with Crippen molar-refractivity contribution in [3.05, 3.63) is 34.1 Å². The molecule has 1 aromatic heterocycles. The van der Waals surface area contributed by atoms with Crippen LogP contribution in [0.3, 0.4) is 0 Å². The monoisotopic (exact) mass is 280 g/mol. The van der Waals surface area contributed by atoms with Gasteiger partial charge in [-0.15, -0.1) is 10.2 Å². The first-order valence-corrected chi connectivity index (χ1v) is 5.97. The minimum atomic E-state index is 0.258. The number of aryl methyl sites for hydroxylation is 1. The van der Waals surface area contributed by atoms with Crippen LogP contribution in [-0.2, 0) is 0 Å². The maximum absolute atomic E-state index is 5.62. The summed E-state index contributed by atoms with van der Waals surface area (Å²) in [5.74, 6) is 1.52. The number of hydrogen-bond acceptors (Lipinski definition) is 3. The number of hydrogen-bond donors (Lipinski definition) is 0. The standard InChI is InChI=1S/C12H13BrN2O/c1-7(2)11-14-15-12(16-11)10-6-9(13)5-4-8(10)3/h4-7H,1-3H3. The molecule has 0 bridgehead atoms. The summed E-state index contributed by atoms with van der Waals surface area (Å²) in [5.41, 5.74) is 2.11. The van der Waals surface area contributed by atoms with Crippen LogP contribution in [0.1, 0.15) is 31.2 Å². The Kier molecular flexibility index (Phi) is 3.10. The van der Waals surface area contributed by atoms with Crippen molar-refractivity contribution in [2.75, 3.05) is 0 Å². The number of rotatable bonds is 2. The molecule has 0 amide bonds. The van der Waals surface area contributed by atoms with Gasteiger partial charge in [0.1, 0.15) is 0 Å². The highest BCUT2D eigenvalue weighted by Crippen LogP contribution is 2.27. The minimum absolute atomic E-state index is 0.258. The van der Waals surface area contributed by atoms with Crippen molar-refractivity contribution in [3.8, 4) is 11.5 Å². The van der Waals surface area contributed by atoms with Gasteiger partial charge in [0.2, 0.25) is 11.8 Å². The third kappa shape index (κ3) is 2.16. The zero-order chi connectivity index (χ0) is 11.7. The second kappa shape index (κ2) is 4.37. The number of nitrogens with zero attached hydrogens (tertiary/aromatic N) is 2. The highest BCUT2D eigenvalue weighted by molar-refractivity contribution is 9.10. The van der Waals surface area contributed by atoms with E-state index in [0.29, 0.717) is 11.8 Å². The lowest BCUT2D eigenvalue weighted by atomic mass is 10.1. The number of benzene rings is 1. The lowest BCUT2D eigenvalue weighted by Crippen LogP contribution is -1.85. The Hall–Kier alpha value is -1.16. The summed E-state index contributed by atoms with van der Waals surface area (Å²) in [5, 5.41) is 8.10. The van der Waals surface area contributed by atoms with E-state index in [1.165, 1.54) is 0 Å². The van der Waals surface area contributed by atoms with Crippen LogP contribution in [0, 0.1) is 6.92 Å². The quantitative estimate of drug-likeness (QED) is 0.837. The lowest BCUT2D eigenvalue weighted by Gasteiger charge is -2.01. The molecule has 1 aromatic carbocycles. The molecule has 0 saturated carbocycles. The van der Waals surface area contributed by atoms with E-state index in [1.807, 2.05) is 39.0 Å². The summed E-state index contributed by atoms with van der Waals surface area (Å²) in [6, 6.07) is 6.02. The van der Waals surface area contributed by atoms with Gasteiger partial charge in [0.25, 0.3) is 0 Å². The molecular weight excluding hydrogens is 268 g/mol. The van der Waals surface area contributed by atoms with Gasteiger partial charge in [-0.25, -0.2) is 0 Å². The van der Waals surface area contributed by atoms with Crippen LogP contribution in [0.15, 0.2) is 27.1 Å². The first-order chi connectivity index (χ1) is 7.58. The van der Waals surface area contributed by atoms with E-state index >= 15 is 0 Å². The van der Waals surface area contributed by atoms with Crippen LogP contribution in [0.4, 0.5) is 0 Å². The van der Waals surface area contributed by atoms with Crippen LogP contribution < -0.4 is 0 Å². The molecule has 0 fully saturated rings. The average Bonchev–Trinajstić information content (AvgIpc) is 2.70. The smallest absolute Gasteiger partial charge is 0.248 e. The molecule has 0 aliphatic carbocycles. The largest absolute Gasteiger partial charge is 0.420 e. The zero-order valence-electron chi connectivity index (χ0n) is 9.49. The second-order valence-corrected chi connectivity index (χ2v) is 4.98. The van der Waals surface area contributed by atoms with Crippen LogP contribution >= 0.6 is 15.9 Å². The average molecular weight is 281 g/mol. The van der Waals surface area contributed by atoms with Crippen molar-refractivity contribution in [3.63, 3.8) is 0 Å². The van der Waals surface area contributed by atoms with Crippen molar-refractivity contribution >= 4 is 15.9 Å². The summed E-state index contributed by atoms with van der Waals surface area (Å²) in [7, 11) is 0. The van der Waals surface area contributed by atoms with Crippen molar-refractivity contribution in [1.29, 1.82) is 0 Å². The zero-order valence-corrected chi connectivity index (χ0v) is 11.1. The molecule has 0 radical (unpaired) electrons. The Labute approximate surface area is 103 Å². The fraction of sp³-hybridized carbons (Fsp3) is 0.333. The van der Waals surface area contributed by atoms with E-state index in [9.17, 15) is 0 Å². The Bertz CT molecular complexity index is 505. The molecular formula is C12H13BrN2O. The van der Waals surface area contributed by atoms with Crippen molar-refractivity contribution in [2.24, 2.45) is 0 Å². The van der Waals surface area contributed by atoms with Crippen molar-refractivity contribution in [2.45, 2.75) is 26.7 Å². The van der Waals surface area contributed by atoms with Gasteiger partial charge in [-0.05, 0) is 24.6 Å². The Morgan fingerprint density at radius 1 is 1.25 bits per heavy atom. The molecule has 16 heavy (non-hydrogen) atoms. The molecule has 0 N–H and O–H groups in total. The first-order valence-electron chi connectivity index (χ1n) is 5.18. The second-order valence-electron chi connectivity index (χ2n) is 4.06. The van der Waals surface area contributed by atoms with Crippen LogP contribution in [0.25, 0.3) is 11.5 Å². The van der Waals surface area contributed by atoms with E-state index in [0.717, 1.165) is 15.6 Å². The maximum Gasteiger partial charge on any atom is 0.248 e. The molecule has 1 heterocycles. The summed E-state index contributed by atoms with van der Waals surface area (Å²) in [4.78, 5) is 0. The Morgan fingerprint density at radius 3 is 2.62 bits per heavy atom. The summed E-state index contributed by atoms with van der Waals surface area (Å²) in [6.45, 7) is 6.09. The maximum atomic E-state index is 5.62. The summed E-state index contributed by atoms with van der Waals surface area (Å²) < 4.78 is 6.64. The predicted octanol–water partition coefficient (Wildman–Crippen LogP) is 3.93. The van der Waals surface area contributed by atoms with Gasteiger partial charge in [-0.2, -0.15) is 0 Å². The first kappa shape index (κ1) is 11.3. The minimum Gasteiger partial charge on any atom is -0.420 e. The fourth-order valence-corrected chi connectivity index (χ4v) is 1.76. The van der Waals surface area contributed by atoms with Crippen LogP contribution in [0.5, 0.6) is 0 Å². The van der Waals surface area contributed by atoms with Gasteiger partial charge in [-0.1, -0.05) is 35.8 Å². The third-order valence-corrected chi connectivity index (χ3v) is 2.86. The van der Waals surface area contributed by atoms with E-state index in [2.05, 4.69) is 26.1 Å². The number of aromatic nitrogens is 2. The van der Waals surface area contributed by atoms with Crippen molar-refractivity contribution < 1.29 is 4.42 Å². The molecule has 0 spiro atoms. The van der Waals surface area contributed by atoms with Crippen LogP contribution in [0.2, 0.25) is 0 Å². The molecule has 2 rings (SSSR count). The molecule has 0 aliphatic heterocycles.